The van der Waals surface area contributed by atoms with Gasteiger partial charge in [-0.05, 0) is 0 Å². The van der Waals surface area contributed by atoms with Crippen LogP contribution in [0, 0.1) is 0 Å². The van der Waals surface area contributed by atoms with Crippen molar-refractivity contribution in [1.82, 2.24) is 0 Å². The fraction of sp³-hybridized carbons (Fsp3) is 0.800. The lowest BCUT2D eigenvalue weighted by Crippen LogP contribution is -2.48. The van der Waals surface area contributed by atoms with E-state index in [0.29, 0.717) is 0 Å². The average molecular weight is 186 g/mol. The van der Waals surface area contributed by atoms with Crippen LogP contribution in [0.3, 0.4) is 0 Å². The minimum atomic E-state index is -4.55. The van der Waals surface area contributed by atoms with E-state index in [0.717, 1.165) is 0 Å². The van der Waals surface area contributed by atoms with Gasteiger partial charge in [0.2, 0.25) is 0 Å². The zero-order valence-electron chi connectivity index (χ0n) is 5.76. The summed E-state index contributed by atoms with van der Waals surface area (Å²) >= 11 is 0. The summed E-state index contributed by atoms with van der Waals surface area (Å²) in [5, 5.41) is 33.2. The van der Waals surface area contributed by atoms with Crippen LogP contribution in [0.15, 0.2) is 0 Å². The lowest BCUT2D eigenvalue weighted by molar-refractivity contribution is -0.283. The van der Waals surface area contributed by atoms with Gasteiger partial charge < -0.3 is 25.2 Å². The van der Waals surface area contributed by atoms with Crippen LogP contribution < -0.4 is 0 Å². The van der Waals surface area contributed by atoms with Gasteiger partial charge in [0.25, 0.3) is 0 Å². The van der Waals surface area contributed by atoms with E-state index < -0.39 is 24.4 Å². The molecule has 3 atom stereocenters. The zero-order valence-corrected chi connectivity index (χ0v) is 5.76. The third kappa shape index (κ3) is 2.78. The van der Waals surface area contributed by atoms with Crippen LogP contribution in [-0.2, 0) is 4.79 Å². The topological polar surface area (TPSA) is 98.0 Å². The number of halogens is 2. The maximum atomic E-state index is 11.8. The van der Waals surface area contributed by atoms with Crippen molar-refractivity contribution in [3.63, 3.8) is 0 Å². The predicted molar refractivity (Wildman–Crippen MR) is 31.3 cm³/mol. The molecule has 0 rings (SSSR count). The highest BCUT2D eigenvalue weighted by Gasteiger charge is 2.43. The summed E-state index contributed by atoms with van der Waals surface area (Å²) in [6, 6.07) is 0. The first-order valence-electron chi connectivity index (χ1n) is 2.90. The van der Waals surface area contributed by atoms with Crippen LogP contribution in [0.2, 0.25) is 0 Å². The Bertz CT molecular complexity index is 156. The number of aliphatic hydroxyl groups excluding tert-OH is 3. The maximum absolute atomic E-state index is 11.8. The monoisotopic (exact) mass is 186 g/mol. The van der Waals surface area contributed by atoms with Gasteiger partial charge in [-0.3, -0.25) is 0 Å². The number of carbonyl (C=O) groups is 1. The number of aliphatic hydroxyl groups is 4. The van der Waals surface area contributed by atoms with Crippen molar-refractivity contribution in [2.45, 2.75) is 24.4 Å². The van der Waals surface area contributed by atoms with Crippen molar-refractivity contribution in [2.75, 3.05) is 0 Å². The molecule has 0 bridgehead atoms. The van der Waals surface area contributed by atoms with E-state index in [-0.39, 0.29) is 6.29 Å². The highest BCUT2D eigenvalue weighted by molar-refractivity contribution is 5.56. The Hall–Kier alpha value is -0.630. The average Bonchev–Trinajstić information content (AvgIpc) is 1.98. The predicted octanol–water partition coefficient (Wildman–Crippen LogP) is -2.15. The van der Waals surface area contributed by atoms with E-state index in [4.69, 9.17) is 20.4 Å². The standard InChI is InChI=1S/C5H8F2O5/c6-5(7,12)4(11)3(10)2(9)1-8/h1-4,9-12H/t2-,3-,4-/m0/s1. The summed E-state index contributed by atoms with van der Waals surface area (Å²) in [5.74, 6) is 0. The Kier molecular flexibility index (Phi) is 3.65. The lowest BCUT2D eigenvalue weighted by atomic mass is 10.1. The normalized spacial score (nSPS) is 19.8. The van der Waals surface area contributed by atoms with Crippen LogP contribution in [0.25, 0.3) is 0 Å². The second-order valence-corrected chi connectivity index (χ2v) is 2.15. The molecule has 0 unspecified atom stereocenters. The summed E-state index contributed by atoms with van der Waals surface area (Å²) in [7, 11) is 0. The van der Waals surface area contributed by atoms with Crippen LogP contribution in [-0.4, -0.2) is 51.1 Å². The minimum absolute atomic E-state index is 0.236. The van der Waals surface area contributed by atoms with Crippen molar-refractivity contribution in [3.8, 4) is 0 Å². The van der Waals surface area contributed by atoms with E-state index in [1.54, 1.807) is 0 Å². The number of hydrogen-bond donors (Lipinski definition) is 4. The Balaban J connectivity index is 4.28. The summed E-state index contributed by atoms with van der Waals surface area (Å²) in [6.45, 7) is 0. The highest BCUT2D eigenvalue weighted by Crippen LogP contribution is 2.18. The number of hydrogen-bond acceptors (Lipinski definition) is 5. The van der Waals surface area contributed by atoms with Crippen LogP contribution in [0.1, 0.15) is 0 Å². The molecular weight excluding hydrogens is 178 g/mol. The number of rotatable bonds is 4. The summed E-state index contributed by atoms with van der Waals surface area (Å²) < 4.78 is 23.6. The molecule has 0 aromatic rings. The third-order valence-electron chi connectivity index (χ3n) is 1.17. The highest BCUT2D eigenvalue weighted by atomic mass is 19.3. The van der Waals surface area contributed by atoms with Gasteiger partial charge in [-0.15, -0.1) is 0 Å². The summed E-state index contributed by atoms with van der Waals surface area (Å²) in [5.41, 5.74) is 0. The molecule has 0 aliphatic rings. The molecule has 0 aromatic heterocycles. The lowest BCUT2D eigenvalue weighted by Gasteiger charge is -2.22. The van der Waals surface area contributed by atoms with Gasteiger partial charge in [-0.25, -0.2) is 0 Å². The molecule has 0 aliphatic carbocycles. The first kappa shape index (κ1) is 11.4. The Morgan fingerprint density at radius 1 is 1.25 bits per heavy atom. The molecule has 0 amide bonds. The first-order valence-corrected chi connectivity index (χ1v) is 2.90. The Labute approximate surface area is 65.9 Å². The quantitative estimate of drug-likeness (QED) is 0.375. The van der Waals surface area contributed by atoms with Crippen molar-refractivity contribution >= 4 is 6.29 Å². The van der Waals surface area contributed by atoms with E-state index >= 15 is 0 Å². The van der Waals surface area contributed by atoms with E-state index in [1.165, 1.54) is 0 Å². The molecule has 5 nitrogen and oxygen atoms in total. The second kappa shape index (κ2) is 3.85. The van der Waals surface area contributed by atoms with Gasteiger partial charge in [0.15, 0.2) is 12.4 Å². The Morgan fingerprint density at radius 2 is 1.67 bits per heavy atom. The largest absolute Gasteiger partial charge is 0.387 e. The van der Waals surface area contributed by atoms with Crippen molar-refractivity contribution in [1.29, 1.82) is 0 Å². The molecule has 0 aliphatic heterocycles. The van der Waals surface area contributed by atoms with Gasteiger partial charge >= 0.3 is 6.11 Å². The van der Waals surface area contributed by atoms with E-state index in [2.05, 4.69) is 0 Å². The number of alkyl halides is 2. The SMILES string of the molecule is O=C[C@H](O)[C@H](O)[C@H](O)C(O)(F)F. The molecule has 0 saturated heterocycles. The third-order valence-corrected chi connectivity index (χ3v) is 1.17. The van der Waals surface area contributed by atoms with Gasteiger partial charge in [-0.1, -0.05) is 0 Å². The minimum Gasteiger partial charge on any atom is -0.387 e. The molecule has 4 N–H and O–H groups in total. The van der Waals surface area contributed by atoms with Crippen molar-refractivity contribution < 1.29 is 34.0 Å². The fourth-order valence-corrected chi connectivity index (χ4v) is 0.473. The van der Waals surface area contributed by atoms with Crippen LogP contribution in [0.4, 0.5) is 8.78 Å². The number of carbonyl (C=O) groups excluding carboxylic acids is 1. The first-order chi connectivity index (χ1) is 5.30. The van der Waals surface area contributed by atoms with E-state index in [1.807, 2.05) is 0 Å². The summed E-state index contributed by atoms with van der Waals surface area (Å²) in [6.07, 6.45) is -12.2. The maximum Gasteiger partial charge on any atom is 0.381 e. The van der Waals surface area contributed by atoms with Crippen molar-refractivity contribution in [3.05, 3.63) is 0 Å². The molecule has 0 heterocycles. The van der Waals surface area contributed by atoms with Crippen LogP contribution in [0.5, 0.6) is 0 Å². The summed E-state index contributed by atoms with van der Waals surface area (Å²) in [4.78, 5) is 9.73. The second-order valence-electron chi connectivity index (χ2n) is 2.15. The number of aldehydes is 1. The van der Waals surface area contributed by atoms with Gasteiger partial charge in [0, 0.05) is 0 Å². The van der Waals surface area contributed by atoms with Crippen molar-refractivity contribution in [2.24, 2.45) is 0 Å². The van der Waals surface area contributed by atoms with Gasteiger partial charge in [0.05, 0.1) is 0 Å². The van der Waals surface area contributed by atoms with Gasteiger partial charge in [0.1, 0.15) is 12.2 Å². The molecule has 0 saturated carbocycles. The molecule has 0 fully saturated rings. The van der Waals surface area contributed by atoms with Gasteiger partial charge in [-0.2, -0.15) is 8.78 Å². The van der Waals surface area contributed by atoms with E-state index in [9.17, 15) is 13.6 Å². The molecule has 12 heavy (non-hydrogen) atoms. The van der Waals surface area contributed by atoms with Crippen LogP contribution >= 0.6 is 0 Å². The molecule has 0 radical (unpaired) electrons. The zero-order chi connectivity index (χ0) is 9.94. The Morgan fingerprint density at radius 3 is 1.92 bits per heavy atom. The fourth-order valence-electron chi connectivity index (χ4n) is 0.473. The molecule has 0 aromatic carbocycles. The molecule has 72 valence electrons. The molecule has 7 heteroatoms. The molecule has 0 spiro atoms. The smallest absolute Gasteiger partial charge is 0.381 e. The molecular formula is C5H8F2O5.